The molecule has 0 aromatic heterocycles. The minimum Gasteiger partial charge on any atom is -0.360 e. The highest BCUT2D eigenvalue weighted by Gasteiger charge is 2.27. The third-order valence-corrected chi connectivity index (χ3v) is 4.42. The van der Waals surface area contributed by atoms with Crippen molar-refractivity contribution in [3.05, 3.63) is 35.9 Å². The summed E-state index contributed by atoms with van der Waals surface area (Å²) in [6, 6.07) is 10.1. The average molecular weight is 303 g/mol. The molecule has 0 radical (unpaired) electrons. The van der Waals surface area contributed by atoms with Crippen LogP contribution in [-0.2, 0) is 9.53 Å². The summed E-state index contributed by atoms with van der Waals surface area (Å²) in [7, 11) is 0. The van der Waals surface area contributed by atoms with Gasteiger partial charge in [0.25, 0.3) is 5.91 Å². The van der Waals surface area contributed by atoms with Crippen molar-refractivity contribution in [1.29, 1.82) is 0 Å². The van der Waals surface area contributed by atoms with E-state index in [9.17, 15) is 4.79 Å². The van der Waals surface area contributed by atoms with Crippen molar-refractivity contribution in [3.8, 4) is 0 Å². The minimum absolute atomic E-state index is 0.0354. The van der Waals surface area contributed by atoms with Gasteiger partial charge >= 0.3 is 0 Å². The van der Waals surface area contributed by atoms with Gasteiger partial charge in [-0.2, -0.15) is 0 Å². The number of benzene rings is 1. The summed E-state index contributed by atoms with van der Waals surface area (Å²) >= 11 is 0. The van der Waals surface area contributed by atoms with E-state index in [0.717, 1.165) is 31.4 Å². The number of carbonyl (C=O) groups excluding carboxylic acids is 1. The van der Waals surface area contributed by atoms with E-state index in [1.54, 1.807) is 0 Å². The molecule has 1 aliphatic carbocycles. The molecule has 2 atom stereocenters. The van der Waals surface area contributed by atoms with E-state index in [4.69, 9.17) is 4.74 Å². The summed E-state index contributed by atoms with van der Waals surface area (Å²) in [6.07, 6.45) is 5.26. The van der Waals surface area contributed by atoms with Gasteiger partial charge in [0, 0.05) is 19.1 Å². The van der Waals surface area contributed by atoms with E-state index in [2.05, 4.69) is 16.2 Å². The fourth-order valence-electron chi connectivity index (χ4n) is 3.14. The number of hydrazine groups is 1. The molecule has 3 N–H and O–H groups in total. The number of nitrogens with one attached hydrogen (secondary N) is 3. The lowest BCUT2D eigenvalue weighted by molar-refractivity contribution is -0.137. The van der Waals surface area contributed by atoms with Gasteiger partial charge in [0.05, 0.1) is 6.10 Å². The molecule has 1 saturated heterocycles. The molecule has 1 saturated carbocycles. The summed E-state index contributed by atoms with van der Waals surface area (Å²) in [6.45, 7) is 1.57. The van der Waals surface area contributed by atoms with Crippen molar-refractivity contribution >= 4 is 5.91 Å². The Bertz CT molecular complexity index is 468. The van der Waals surface area contributed by atoms with Gasteiger partial charge in [-0.1, -0.05) is 43.2 Å². The van der Waals surface area contributed by atoms with Gasteiger partial charge < -0.3 is 10.1 Å². The number of hydrogen-bond acceptors (Lipinski definition) is 4. The van der Waals surface area contributed by atoms with E-state index >= 15 is 0 Å². The molecule has 2 fully saturated rings. The standard InChI is InChI=1S/C17H25N3O2/c21-17(18-12-14-10-11-19-20-14)16(13-6-2-1-3-7-13)22-15-8-4-5-9-15/h1-3,6-7,14-16,19-20H,4-5,8-12H2,(H,18,21). The SMILES string of the molecule is O=C(NCC1CCNN1)C(OC1CCCC1)c1ccccc1. The Labute approximate surface area is 131 Å². The van der Waals surface area contributed by atoms with Crippen molar-refractivity contribution in [2.45, 2.75) is 50.4 Å². The molecular formula is C17H25N3O2. The Kier molecular flexibility index (Phi) is 5.43. The second kappa shape index (κ2) is 7.72. The summed E-state index contributed by atoms with van der Waals surface area (Å²) < 4.78 is 6.13. The normalized spacial score (nSPS) is 23.5. The van der Waals surface area contributed by atoms with Crippen molar-refractivity contribution in [2.24, 2.45) is 0 Å². The number of ether oxygens (including phenoxy) is 1. The first kappa shape index (κ1) is 15.5. The van der Waals surface area contributed by atoms with Crippen LogP contribution in [0.5, 0.6) is 0 Å². The zero-order chi connectivity index (χ0) is 15.2. The van der Waals surface area contributed by atoms with Crippen LogP contribution < -0.4 is 16.2 Å². The van der Waals surface area contributed by atoms with Crippen LogP contribution in [0, 0.1) is 0 Å². The first-order valence-corrected chi connectivity index (χ1v) is 8.29. The molecule has 120 valence electrons. The number of rotatable bonds is 6. The molecule has 1 aromatic carbocycles. The van der Waals surface area contributed by atoms with Gasteiger partial charge in [-0.05, 0) is 24.8 Å². The molecule has 0 bridgehead atoms. The molecule has 1 amide bonds. The fraction of sp³-hybridized carbons (Fsp3) is 0.588. The first-order valence-electron chi connectivity index (χ1n) is 8.29. The van der Waals surface area contributed by atoms with Crippen LogP contribution in [0.3, 0.4) is 0 Å². The molecule has 5 heteroatoms. The molecule has 3 rings (SSSR count). The van der Waals surface area contributed by atoms with Crippen molar-refractivity contribution in [1.82, 2.24) is 16.2 Å². The Hall–Kier alpha value is -1.43. The van der Waals surface area contributed by atoms with Crippen molar-refractivity contribution in [3.63, 3.8) is 0 Å². The van der Waals surface area contributed by atoms with Crippen LogP contribution in [0.1, 0.15) is 43.8 Å². The second-order valence-electron chi connectivity index (χ2n) is 6.14. The summed E-state index contributed by atoms with van der Waals surface area (Å²) in [4.78, 5) is 12.6. The van der Waals surface area contributed by atoms with Gasteiger partial charge in [-0.25, -0.2) is 0 Å². The molecule has 22 heavy (non-hydrogen) atoms. The molecule has 2 aliphatic rings. The lowest BCUT2D eigenvalue weighted by atomic mass is 10.1. The monoisotopic (exact) mass is 303 g/mol. The molecule has 0 spiro atoms. The predicted octanol–water partition coefficient (Wildman–Crippen LogP) is 1.67. The molecule has 1 aromatic rings. The number of hydrogen-bond donors (Lipinski definition) is 3. The molecule has 1 heterocycles. The Morgan fingerprint density at radius 2 is 2.00 bits per heavy atom. The van der Waals surface area contributed by atoms with Gasteiger partial charge in [-0.3, -0.25) is 15.6 Å². The quantitative estimate of drug-likeness (QED) is 0.748. The molecule has 5 nitrogen and oxygen atoms in total. The zero-order valence-electron chi connectivity index (χ0n) is 12.9. The van der Waals surface area contributed by atoms with Gasteiger partial charge in [0.15, 0.2) is 6.10 Å². The van der Waals surface area contributed by atoms with E-state index < -0.39 is 6.10 Å². The number of carbonyl (C=O) groups is 1. The second-order valence-corrected chi connectivity index (χ2v) is 6.14. The van der Waals surface area contributed by atoms with E-state index in [0.29, 0.717) is 12.6 Å². The van der Waals surface area contributed by atoms with Crippen LogP contribution >= 0.6 is 0 Å². The summed E-state index contributed by atoms with van der Waals surface area (Å²) in [5, 5.41) is 3.03. The Morgan fingerprint density at radius 3 is 2.68 bits per heavy atom. The highest BCUT2D eigenvalue weighted by Crippen LogP contribution is 2.28. The van der Waals surface area contributed by atoms with Crippen LogP contribution in [0.15, 0.2) is 30.3 Å². The van der Waals surface area contributed by atoms with E-state index in [1.807, 2.05) is 30.3 Å². The molecular weight excluding hydrogens is 278 g/mol. The van der Waals surface area contributed by atoms with Crippen molar-refractivity contribution < 1.29 is 9.53 Å². The van der Waals surface area contributed by atoms with Crippen LogP contribution in [0.25, 0.3) is 0 Å². The highest BCUT2D eigenvalue weighted by molar-refractivity contribution is 5.82. The third kappa shape index (κ3) is 4.06. The fourth-order valence-corrected chi connectivity index (χ4v) is 3.14. The van der Waals surface area contributed by atoms with Gasteiger partial charge in [0.2, 0.25) is 0 Å². The lowest BCUT2D eigenvalue weighted by Crippen LogP contribution is -2.42. The summed E-state index contributed by atoms with van der Waals surface area (Å²) in [5.74, 6) is -0.0354. The minimum atomic E-state index is -0.501. The summed E-state index contributed by atoms with van der Waals surface area (Å²) in [5.41, 5.74) is 7.18. The van der Waals surface area contributed by atoms with E-state index in [1.165, 1.54) is 12.8 Å². The maximum absolute atomic E-state index is 12.6. The Morgan fingerprint density at radius 1 is 1.23 bits per heavy atom. The molecule has 2 unspecified atom stereocenters. The maximum Gasteiger partial charge on any atom is 0.253 e. The lowest BCUT2D eigenvalue weighted by Gasteiger charge is -2.22. The molecule has 1 aliphatic heterocycles. The highest BCUT2D eigenvalue weighted by atomic mass is 16.5. The van der Waals surface area contributed by atoms with Crippen molar-refractivity contribution in [2.75, 3.05) is 13.1 Å². The predicted molar refractivity (Wildman–Crippen MR) is 85.1 cm³/mol. The van der Waals surface area contributed by atoms with E-state index in [-0.39, 0.29) is 12.0 Å². The topological polar surface area (TPSA) is 62.4 Å². The zero-order valence-corrected chi connectivity index (χ0v) is 12.9. The largest absolute Gasteiger partial charge is 0.360 e. The maximum atomic E-state index is 12.6. The smallest absolute Gasteiger partial charge is 0.253 e. The third-order valence-electron chi connectivity index (χ3n) is 4.42. The van der Waals surface area contributed by atoms with Gasteiger partial charge in [-0.15, -0.1) is 0 Å². The van der Waals surface area contributed by atoms with Crippen LogP contribution in [-0.4, -0.2) is 31.1 Å². The van der Waals surface area contributed by atoms with Gasteiger partial charge in [0.1, 0.15) is 0 Å². The Balaban J connectivity index is 1.62. The van der Waals surface area contributed by atoms with Crippen LogP contribution in [0.4, 0.5) is 0 Å². The van der Waals surface area contributed by atoms with Crippen LogP contribution in [0.2, 0.25) is 0 Å². The number of amides is 1. The average Bonchev–Trinajstić information content (AvgIpc) is 3.24. The first-order chi connectivity index (χ1) is 10.8.